The van der Waals surface area contributed by atoms with Crippen LogP contribution in [0.4, 0.5) is 5.69 Å². The Morgan fingerprint density at radius 1 is 1.41 bits per heavy atom. The first kappa shape index (κ1) is 11.7. The molecule has 0 radical (unpaired) electrons. The van der Waals surface area contributed by atoms with E-state index in [9.17, 15) is 4.79 Å². The van der Waals surface area contributed by atoms with Crippen LogP contribution in [0.3, 0.4) is 0 Å². The Labute approximate surface area is 102 Å². The van der Waals surface area contributed by atoms with Crippen LogP contribution in [0.5, 0.6) is 0 Å². The van der Waals surface area contributed by atoms with Crippen LogP contribution in [0.15, 0.2) is 42.5 Å². The van der Waals surface area contributed by atoms with Crippen molar-refractivity contribution in [2.45, 2.75) is 19.4 Å². The number of anilines is 1. The molecule has 1 saturated heterocycles. The lowest BCUT2D eigenvalue weighted by Gasteiger charge is -2.18. The van der Waals surface area contributed by atoms with Gasteiger partial charge in [0.1, 0.15) is 0 Å². The lowest BCUT2D eigenvalue weighted by Crippen LogP contribution is -2.36. The monoisotopic (exact) mass is 230 g/mol. The van der Waals surface area contributed by atoms with Crippen molar-refractivity contribution in [2.75, 3.05) is 18.0 Å². The lowest BCUT2D eigenvalue weighted by molar-refractivity contribution is -0.117. The molecule has 1 heterocycles. The molecule has 0 aliphatic carbocycles. The highest BCUT2D eigenvalue weighted by Gasteiger charge is 2.23. The third-order valence-electron chi connectivity index (χ3n) is 2.97. The molecule has 17 heavy (non-hydrogen) atoms. The number of amides is 1. The van der Waals surface area contributed by atoms with E-state index in [4.69, 9.17) is 0 Å². The van der Waals surface area contributed by atoms with Gasteiger partial charge in [-0.3, -0.25) is 4.79 Å². The number of carbonyl (C=O) groups is 1. The number of benzene rings is 1. The van der Waals surface area contributed by atoms with Crippen molar-refractivity contribution in [3.63, 3.8) is 0 Å². The molecule has 1 aliphatic heterocycles. The van der Waals surface area contributed by atoms with E-state index in [2.05, 4.69) is 22.3 Å². The molecule has 1 N–H and O–H groups in total. The van der Waals surface area contributed by atoms with E-state index in [1.54, 1.807) is 12.2 Å². The number of allylic oxidation sites excluding steroid dienone is 1. The van der Waals surface area contributed by atoms with Crippen LogP contribution in [0.25, 0.3) is 0 Å². The van der Waals surface area contributed by atoms with Crippen LogP contribution in [-0.2, 0) is 4.79 Å². The number of nitrogens with zero attached hydrogens (tertiary/aromatic N) is 1. The highest BCUT2D eigenvalue weighted by Crippen LogP contribution is 2.19. The number of rotatable bonds is 3. The highest BCUT2D eigenvalue weighted by molar-refractivity contribution is 5.87. The minimum absolute atomic E-state index is 0.00686. The van der Waals surface area contributed by atoms with Gasteiger partial charge in [0, 0.05) is 24.8 Å². The smallest absolute Gasteiger partial charge is 0.243 e. The fourth-order valence-electron chi connectivity index (χ4n) is 2.15. The number of para-hydroxylation sites is 1. The van der Waals surface area contributed by atoms with E-state index >= 15 is 0 Å². The Morgan fingerprint density at radius 2 is 2.18 bits per heavy atom. The summed E-state index contributed by atoms with van der Waals surface area (Å²) >= 11 is 0. The number of hydrogen-bond acceptors (Lipinski definition) is 2. The summed E-state index contributed by atoms with van der Waals surface area (Å²) in [7, 11) is 0. The summed E-state index contributed by atoms with van der Waals surface area (Å²) in [4.78, 5) is 13.7. The van der Waals surface area contributed by atoms with Gasteiger partial charge in [-0.05, 0) is 31.6 Å². The van der Waals surface area contributed by atoms with E-state index in [0.717, 1.165) is 19.5 Å². The summed E-state index contributed by atoms with van der Waals surface area (Å²) in [6.45, 7) is 3.75. The molecule has 1 aromatic rings. The molecule has 0 aromatic heterocycles. The average Bonchev–Trinajstić information content (AvgIpc) is 2.79. The summed E-state index contributed by atoms with van der Waals surface area (Å²) in [5, 5.41) is 3.01. The fourth-order valence-corrected chi connectivity index (χ4v) is 2.15. The van der Waals surface area contributed by atoms with E-state index < -0.39 is 0 Å². The van der Waals surface area contributed by atoms with E-state index in [0.29, 0.717) is 0 Å². The maximum atomic E-state index is 11.4. The summed E-state index contributed by atoms with van der Waals surface area (Å²) in [5.74, 6) is 0.00686. The van der Waals surface area contributed by atoms with Gasteiger partial charge in [-0.1, -0.05) is 24.3 Å². The molecule has 0 bridgehead atoms. The Bertz CT molecular complexity index is 400. The summed E-state index contributed by atoms with van der Waals surface area (Å²) in [6.07, 6.45) is 4.35. The topological polar surface area (TPSA) is 32.3 Å². The van der Waals surface area contributed by atoms with Gasteiger partial charge in [0.2, 0.25) is 5.91 Å². The van der Waals surface area contributed by atoms with Gasteiger partial charge in [0.05, 0.1) is 0 Å². The molecule has 0 saturated carbocycles. The number of carbonyl (C=O) groups excluding carboxylic acids is 1. The fraction of sp³-hybridized carbons (Fsp3) is 0.357. The van der Waals surface area contributed by atoms with Crippen molar-refractivity contribution in [1.82, 2.24) is 5.32 Å². The van der Waals surface area contributed by atoms with Gasteiger partial charge in [-0.25, -0.2) is 0 Å². The average molecular weight is 230 g/mol. The minimum Gasteiger partial charge on any atom is -0.369 e. The van der Waals surface area contributed by atoms with Crippen molar-refractivity contribution < 1.29 is 4.79 Å². The molecule has 1 aliphatic rings. The minimum atomic E-state index is 0.00686. The third kappa shape index (κ3) is 3.09. The normalized spacial score (nSPS) is 19.8. The first-order valence-corrected chi connectivity index (χ1v) is 6.03. The SMILES string of the molecule is C/C=C/C(=O)NC1CCN(c2ccccc2)C1. The zero-order valence-corrected chi connectivity index (χ0v) is 10.1. The summed E-state index contributed by atoms with van der Waals surface area (Å²) in [5.41, 5.74) is 1.23. The Kier molecular flexibility index (Phi) is 3.81. The second kappa shape index (κ2) is 5.53. The van der Waals surface area contributed by atoms with Crippen LogP contribution in [-0.4, -0.2) is 25.0 Å². The largest absolute Gasteiger partial charge is 0.369 e. The van der Waals surface area contributed by atoms with Crippen LogP contribution in [0.2, 0.25) is 0 Å². The predicted octanol–water partition coefficient (Wildman–Crippen LogP) is 1.96. The summed E-state index contributed by atoms with van der Waals surface area (Å²) < 4.78 is 0. The molecular formula is C14H18N2O. The van der Waals surface area contributed by atoms with Crippen molar-refractivity contribution in [3.8, 4) is 0 Å². The quantitative estimate of drug-likeness (QED) is 0.805. The standard InChI is InChI=1S/C14H18N2O/c1-2-6-14(17)15-12-9-10-16(11-12)13-7-4-3-5-8-13/h2-8,12H,9-11H2,1H3,(H,15,17)/b6-2+. The van der Waals surface area contributed by atoms with E-state index in [-0.39, 0.29) is 11.9 Å². The first-order valence-electron chi connectivity index (χ1n) is 6.03. The highest BCUT2D eigenvalue weighted by atomic mass is 16.1. The van der Waals surface area contributed by atoms with Gasteiger partial charge >= 0.3 is 0 Å². The Morgan fingerprint density at radius 3 is 2.88 bits per heavy atom. The van der Waals surface area contributed by atoms with Crippen LogP contribution >= 0.6 is 0 Å². The molecule has 1 aromatic carbocycles. The zero-order chi connectivity index (χ0) is 12.1. The van der Waals surface area contributed by atoms with Crippen molar-refractivity contribution in [1.29, 1.82) is 0 Å². The Balaban J connectivity index is 1.90. The van der Waals surface area contributed by atoms with Gasteiger partial charge in [-0.15, -0.1) is 0 Å². The molecular weight excluding hydrogens is 212 g/mol. The predicted molar refractivity (Wildman–Crippen MR) is 70.0 cm³/mol. The van der Waals surface area contributed by atoms with Gasteiger partial charge in [0.15, 0.2) is 0 Å². The molecule has 0 spiro atoms. The van der Waals surface area contributed by atoms with E-state index in [1.165, 1.54) is 5.69 Å². The molecule has 1 unspecified atom stereocenters. The van der Waals surface area contributed by atoms with Crippen LogP contribution in [0.1, 0.15) is 13.3 Å². The van der Waals surface area contributed by atoms with Gasteiger partial charge < -0.3 is 10.2 Å². The molecule has 3 nitrogen and oxygen atoms in total. The number of hydrogen-bond donors (Lipinski definition) is 1. The molecule has 90 valence electrons. The van der Waals surface area contributed by atoms with Crippen molar-refractivity contribution in [3.05, 3.63) is 42.5 Å². The summed E-state index contributed by atoms with van der Waals surface area (Å²) in [6, 6.07) is 10.6. The van der Waals surface area contributed by atoms with Crippen molar-refractivity contribution in [2.24, 2.45) is 0 Å². The van der Waals surface area contributed by atoms with Gasteiger partial charge in [0.25, 0.3) is 0 Å². The maximum Gasteiger partial charge on any atom is 0.243 e. The molecule has 1 atom stereocenters. The van der Waals surface area contributed by atoms with Crippen LogP contribution < -0.4 is 10.2 Å². The second-order valence-corrected chi connectivity index (χ2v) is 4.28. The lowest BCUT2D eigenvalue weighted by atomic mass is 10.2. The molecule has 1 amide bonds. The molecule has 2 rings (SSSR count). The number of nitrogens with one attached hydrogen (secondary N) is 1. The maximum absolute atomic E-state index is 11.4. The molecule has 3 heteroatoms. The van der Waals surface area contributed by atoms with Gasteiger partial charge in [-0.2, -0.15) is 0 Å². The van der Waals surface area contributed by atoms with Crippen molar-refractivity contribution >= 4 is 11.6 Å². The second-order valence-electron chi connectivity index (χ2n) is 4.28. The van der Waals surface area contributed by atoms with Crippen LogP contribution in [0, 0.1) is 0 Å². The van der Waals surface area contributed by atoms with E-state index in [1.807, 2.05) is 25.1 Å². The third-order valence-corrected chi connectivity index (χ3v) is 2.97. The zero-order valence-electron chi connectivity index (χ0n) is 10.1. The first-order chi connectivity index (χ1) is 8.29. The Hall–Kier alpha value is -1.77. The molecule has 1 fully saturated rings.